The molecule has 1 atom stereocenters. The number of hydrogen-bond donors (Lipinski definition) is 0. The van der Waals surface area contributed by atoms with Crippen LogP contribution in [0.3, 0.4) is 0 Å². The van der Waals surface area contributed by atoms with Gasteiger partial charge in [-0.1, -0.05) is 278 Å². The lowest BCUT2D eigenvalue weighted by Gasteiger charge is -2.18. The van der Waals surface area contributed by atoms with E-state index in [2.05, 4.69) is 27.7 Å². The predicted molar refractivity (Wildman–Crippen MR) is 266 cm³/mol. The Hall–Kier alpha value is -1.59. The predicted octanol–water partition coefficient (Wildman–Crippen LogP) is 18.2. The summed E-state index contributed by atoms with van der Waals surface area (Å²) in [7, 11) is 0. The van der Waals surface area contributed by atoms with Crippen molar-refractivity contribution in [3.63, 3.8) is 0 Å². The third-order valence-electron chi connectivity index (χ3n) is 12.8. The molecule has 0 bridgehead atoms. The largest absolute Gasteiger partial charge is 0.462 e. The fourth-order valence-corrected chi connectivity index (χ4v) is 8.57. The topological polar surface area (TPSA) is 78.9 Å². The molecule has 0 radical (unpaired) electrons. The molecule has 0 aromatic heterocycles. The standard InChI is InChI=1S/C56H108O6/c1-5-7-9-11-13-15-17-18-19-20-21-22-25-29-33-37-41-45-49-56(59)62-53(50-60-54(57)47-43-39-35-31-16-14-12-10-8-6-2)51-61-55(58)48-44-40-36-32-28-26-23-24-27-30-34-38-42-46-52(3)4/h52-53H,5-51H2,1-4H3/t53-/m1/s1. The molecule has 6 heteroatoms. The van der Waals surface area contributed by atoms with Crippen molar-refractivity contribution in [2.45, 2.75) is 323 Å². The zero-order valence-electron chi connectivity index (χ0n) is 42.3. The number of ether oxygens (including phenoxy) is 3. The summed E-state index contributed by atoms with van der Waals surface area (Å²) in [6.07, 6.45) is 53.8. The number of rotatable bonds is 51. The number of carbonyl (C=O) groups excluding carboxylic acids is 3. The Kier molecular flexibility index (Phi) is 49.1. The van der Waals surface area contributed by atoms with E-state index in [0.29, 0.717) is 19.3 Å². The highest BCUT2D eigenvalue weighted by atomic mass is 16.6. The molecule has 0 heterocycles. The van der Waals surface area contributed by atoms with Gasteiger partial charge in [-0.2, -0.15) is 0 Å². The first kappa shape index (κ1) is 60.4. The smallest absolute Gasteiger partial charge is 0.306 e. The van der Waals surface area contributed by atoms with Gasteiger partial charge in [-0.15, -0.1) is 0 Å². The van der Waals surface area contributed by atoms with Crippen molar-refractivity contribution < 1.29 is 28.6 Å². The second-order valence-electron chi connectivity index (χ2n) is 19.7. The van der Waals surface area contributed by atoms with Crippen LogP contribution in [-0.4, -0.2) is 37.2 Å². The SMILES string of the molecule is CCCCCCCCCCCCCCCCCCCCC(=O)O[C@H](COC(=O)CCCCCCCCCCCC)COC(=O)CCCCCCCCCCCCCCCC(C)C. The van der Waals surface area contributed by atoms with Crippen LogP contribution in [0.5, 0.6) is 0 Å². The van der Waals surface area contributed by atoms with E-state index in [-0.39, 0.29) is 31.1 Å². The average molecular weight is 877 g/mol. The van der Waals surface area contributed by atoms with Crippen LogP contribution in [0, 0.1) is 5.92 Å². The number of esters is 3. The molecule has 0 aliphatic rings. The normalized spacial score (nSPS) is 12.0. The summed E-state index contributed by atoms with van der Waals surface area (Å²) in [6, 6.07) is 0. The summed E-state index contributed by atoms with van der Waals surface area (Å²) in [6.45, 7) is 9.04. The molecule has 0 fully saturated rings. The van der Waals surface area contributed by atoms with E-state index in [9.17, 15) is 14.4 Å². The van der Waals surface area contributed by atoms with Gasteiger partial charge in [0.15, 0.2) is 6.10 Å². The van der Waals surface area contributed by atoms with Gasteiger partial charge in [0.05, 0.1) is 0 Å². The van der Waals surface area contributed by atoms with E-state index in [1.165, 1.54) is 212 Å². The minimum absolute atomic E-state index is 0.0623. The fourth-order valence-electron chi connectivity index (χ4n) is 8.57. The average Bonchev–Trinajstić information content (AvgIpc) is 3.26. The van der Waals surface area contributed by atoms with Gasteiger partial charge in [-0.05, 0) is 25.2 Å². The van der Waals surface area contributed by atoms with Gasteiger partial charge >= 0.3 is 17.9 Å². The van der Waals surface area contributed by atoms with Crippen LogP contribution in [0.2, 0.25) is 0 Å². The highest BCUT2D eigenvalue weighted by Gasteiger charge is 2.19. The van der Waals surface area contributed by atoms with Crippen LogP contribution in [0.25, 0.3) is 0 Å². The zero-order valence-corrected chi connectivity index (χ0v) is 42.3. The van der Waals surface area contributed by atoms with Gasteiger partial charge in [0.1, 0.15) is 13.2 Å². The monoisotopic (exact) mass is 877 g/mol. The van der Waals surface area contributed by atoms with E-state index in [4.69, 9.17) is 14.2 Å². The van der Waals surface area contributed by atoms with E-state index < -0.39 is 6.10 Å². The Labute approximate surface area is 387 Å². The van der Waals surface area contributed by atoms with E-state index >= 15 is 0 Å². The van der Waals surface area contributed by atoms with Crippen LogP contribution >= 0.6 is 0 Å². The molecule has 0 rings (SSSR count). The summed E-state index contributed by atoms with van der Waals surface area (Å²) < 4.78 is 16.8. The van der Waals surface area contributed by atoms with Crippen molar-refractivity contribution in [1.29, 1.82) is 0 Å². The molecular weight excluding hydrogens is 769 g/mol. The lowest BCUT2D eigenvalue weighted by atomic mass is 10.0. The van der Waals surface area contributed by atoms with Crippen LogP contribution < -0.4 is 0 Å². The molecule has 0 N–H and O–H groups in total. The molecule has 0 saturated heterocycles. The van der Waals surface area contributed by atoms with Crippen molar-refractivity contribution in [3.05, 3.63) is 0 Å². The maximum atomic E-state index is 12.8. The van der Waals surface area contributed by atoms with Gasteiger partial charge in [0.2, 0.25) is 0 Å². The number of hydrogen-bond acceptors (Lipinski definition) is 6. The van der Waals surface area contributed by atoms with Gasteiger partial charge in [-0.25, -0.2) is 0 Å². The van der Waals surface area contributed by atoms with Gasteiger partial charge in [-0.3, -0.25) is 14.4 Å². The van der Waals surface area contributed by atoms with Gasteiger partial charge in [0.25, 0.3) is 0 Å². The summed E-state index contributed by atoms with van der Waals surface area (Å²) >= 11 is 0. The van der Waals surface area contributed by atoms with Crippen molar-refractivity contribution >= 4 is 17.9 Å². The molecule has 0 spiro atoms. The quantitative estimate of drug-likeness (QED) is 0.0344. The third-order valence-corrected chi connectivity index (χ3v) is 12.8. The molecular formula is C56H108O6. The molecule has 0 aliphatic heterocycles. The van der Waals surface area contributed by atoms with Crippen molar-refractivity contribution in [1.82, 2.24) is 0 Å². The molecule has 0 saturated carbocycles. The van der Waals surface area contributed by atoms with Crippen LogP contribution in [0.1, 0.15) is 317 Å². The summed E-state index contributed by atoms with van der Waals surface area (Å²) in [5, 5.41) is 0. The summed E-state index contributed by atoms with van der Waals surface area (Å²) in [5.41, 5.74) is 0. The van der Waals surface area contributed by atoms with Crippen LogP contribution in [-0.2, 0) is 28.6 Å². The maximum absolute atomic E-state index is 12.8. The zero-order chi connectivity index (χ0) is 45.2. The van der Waals surface area contributed by atoms with Crippen molar-refractivity contribution in [2.24, 2.45) is 5.92 Å². The summed E-state index contributed by atoms with van der Waals surface area (Å²) in [4.78, 5) is 38.0. The minimum atomic E-state index is -0.761. The molecule has 0 amide bonds. The van der Waals surface area contributed by atoms with Crippen molar-refractivity contribution in [2.75, 3.05) is 13.2 Å². The second-order valence-corrected chi connectivity index (χ2v) is 19.7. The van der Waals surface area contributed by atoms with E-state index in [1.54, 1.807) is 0 Å². The Morgan fingerprint density at radius 1 is 0.306 bits per heavy atom. The number of unbranched alkanes of at least 4 members (excludes halogenated alkanes) is 38. The Balaban J connectivity index is 4.25. The Bertz CT molecular complexity index is 933. The lowest BCUT2D eigenvalue weighted by molar-refractivity contribution is -0.167. The first-order chi connectivity index (χ1) is 30.4. The molecule has 6 nitrogen and oxygen atoms in total. The molecule has 62 heavy (non-hydrogen) atoms. The molecule has 368 valence electrons. The minimum Gasteiger partial charge on any atom is -0.462 e. The maximum Gasteiger partial charge on any atom is 0.306 e. The first-order valence-corrected chi connectivity index (χ1v) is 27.9. The Morgan fingerprint density at radius 2 is 0.532 bits per heavy atom. The van der Waals surface area contributed by atoms with Gasteiger partial charge < -0.3 is 14.2 Å². The third kappa shape index (κ3) is 49.4. The van der Waals surface area contributed by atoms with Crippen molar-refractivity contribution in [3.8, 4) is 0 Å². The van der Waals surface area contributed by atoms with E-state index in [1.807, 2.05) is 0 Å². The summed E-state index contributed by atoms with van der Waals surface area (Å²) in [5.74, 6) is -0.000479. The molecule has 0 aliphatic carbocycles. The number of carbonyl (C=O) groups is 3. The molecule has 0 unspecified atom stereocenters. The highest BCUT2D eigenvalue weighted by molar-refractivity contribution is 5.71. The van der Waals surface area contributed by atoms with E-state index in [0.717, 1.165) is 63.7 Å². The fraction of sp³-hybridized carbons (Fsp3) is 0.946. The van der Waals surface area contributed by atoms with Gasteiger partial charge in [0, 0.05) is 19.3 Å². The second kappa shape index (κ2) is 50.4. The van der Waals surface area contributed by atoms with Crippen LogP contribution in [0.4, 0.5) is 0 Å². The Morgan fingerprint density at radius 3 is 0.790 bits per heavy atom. The lowest BCUT2D eigenvalue weighted by Crippen LogP contribution is -2.30. The first-order valence-electron chi connectivity index (χ1n) is 27.9. The van der Waals surface area contributed by atoms with Crippen LogP contribution in [0.15, 0.2) is 0 Å². The highest BCUT2D eigenvalue weighted by Crippen LogP contribution is 2.18. The molecule has 0 aromatic rings. The molecule has 0 aromatic carbocycles.